The smallest absolute Gasteiger partial charge is 0.308 e. The average molecular weight is 223 g/mol. The molecule has 0 saturated heterocycles. The highest BCUT2D eigenvalue weighted by Crippen LogP contribution is 2.17. The summed E-state index contributed by atoms with van der Waals surface area (Å²) in [7, 11) is 3.25. The number of carbonyl (C=O) groups excluding carboxylic acids is 1. The highest BCUT2D eigenvalue weighted by molar-refractivity contribution is 5.69. The first kappa shape index (κ1) is 12.5. The van der Waals surface area contributed by atoms with Crippen LogP contribution < -0.4 is 10.1 Å². The molecular weight excluding hydrogens is 206 g/mol. The summed E-state index contributed by atoms with van der Waals surface area (Å²) in [6, 6.07) is 7.75. The molecule has 1 aromatic rings. The van der Waals surface area contributed by atoms with E-state index in [1.807, 2.05) is 31.3 Å². The zero-order valence-electron chi connectivity index (χ0n) is 9.66. The van der Waals surface area contributed by atoms with Gasteiger partial charge in [-0.25, -0.2) is 0 Å². The monoisotopic (exact) mass is 223 g/mol. The van der Waals surface area contributed by atoms with Gasteiger partial charge in [0.05, 0.1) is 20.1 Å². The van der Waals surface area contributed by atoms with Crippen molar-refractivity contribution in [3.63, 3.8) is 0 Å². The van der Waals surface area contributed by atoms with Crippen LogP contribution in [-0.4, -0.2) is 26.7 Å². The zero-order chi connectivity index (χ0) is 11.8. The highest BCUT2D eigenvalue weighted by Gasteiger charge is 2.04. The van der Waals surface area contributed by atoms with Gasteiger partial charge in [0.1, 0.15) is 5.75 Å². The average Bonchev–Trinajstić information content (AvgIpc) is 2.31. The van der Waals surface area contributed by atoms with Crippen molar-refractivity contribution in [1.82, 2.24) is 5.32 Å². The van der Waals surface area contributed by atoms with Gasteiger partial charge in [0.15, 0.2) is 0 Å². The molecule has 0 saturated carbocycles. The number of hydrogen-bond donors (Lipinski definition) is 1. The van der Waals surface area contributed by atoms with Crippen LogP contribution in [0.5, 0.6) is 5.75 Å². The molecule has 1 aromatic carbocycles. The minimum absolute atomic E-state index is 0.258. The van der Waals surface area contributed by atoms with Crippen LogP contribution in [0.15, 0.2) is 24.3 Å². The molecule has 0 unspecified atom stereocenters. The van der Waals surface area contributed by atoms with Crippen molar-refractivity contribution in [2.24, 2.45) is 0 Å². The van der Waals surface area contributed by atoms with Crippen molar-refractivity contribution in [1.29, 1.82) is 0 Å². The van der Waals surface area contributed by atoms with Crippen LogP contribution in [0.4, 0.5) is 0 Å². The number of rotatable bonds is 6. The van der Waals surface area contributed by atoms with Crippen molar-refractivity contribution < 1.29 is 14.3 Å². The Morgan fingerprint density at radius 3 is 2.81 bits per heavy atom. The Balaban J connectivity index is 2.49. The van der Waals surface area contributed by atoms with Gasteiger partial charge in [-0.3, -0.25) is 4.79 Å². The summed E-state index contributed by atoms with van der Waals surface area (Å²) in [6.07, 6.45) is 0.268. The summed E-state index contributed by atoms with van der Waals surface area (Å²) in [6.45, 7) is 1.09. The molecule has 0 spiro atoms. The normalized spacial score (nSPS) is 9.88. The predicted molar refractivity (Wildman–Crippen MR) is 61.3 cm³/mol. The molecule has 0 heterocycles. The molecule has 16 heavy (non-hydrogen) atoms. The summed E-state index contributed by atoms with van der Waals surface area (Å²) in [5, 5.41) is 3.06. The molecule has 4 heteroatoms. The summed E-state index contributed by atoms with van der Waals surface area (Å²) < 4.78 is 10.1. The van der Waals surface area contributed by atoms with E-state index in [9.17, 15) is 4.79 Å². The molecule has 0 atom stereocenters. The van der Waals surface area contributed by atoms with Crippen molar-refractivity contribution in [3.8, 4) is 5.75 Å². The molecule has 1 rings (SSSR count). The zero-order valence-corrected chi connectivity index (χ0v) is 9.66. The first-order chi connectivity index (χ1) is 7.77. The summed E-state index contributed by atoms with van der Waals surface area (Å²) in [5.74, 6) is 0.548. The number of para-hydroxylation sites is 1. The quantitative estimate of drug-likeness (QED) is 0.739. The van der Waals surface area contributed by atoms with E-state index in [1.54, 1.807) is 0 Å². The van der Waals surface area contributed by atoms with Crippen molar-refractivity contribution in [2.75, 3.05) is 20.8 Å². The number of ether oxygens (including phenoxy) is 2. The topological polar surface area (TPSA) is 47.6 Å². The molecule has 1 N–H and O–H groups in total. The van der Waals surface area contributed by atoms with Gasteiger partial charge in [-0.05, 0) is 13.1 Å². The van der Waals surface area contributed by atoms with Gasteiger partial charge in [-0.15, -0.1) is 0 Å². The fraction of sp³-hybridized carbons (Fsp3) is 0.417. The first-order valence-corrected chi connectivity index (χ1v) is 5.20. The third-order valence-electron chi connectivity index (χ3n) is 2.13. The van der Waals surface area contributed by atoms with Crippen molar-refractivity contribution >= 4 is 5.97 Å². The largest absolute Gasteiger partial charge is 0.493 e. The lowest BCUT2D eigenvalue weighted by molar-refractivity contribution is -0.141. The fourth-order valence-corrected chi connectivity index (χ4v) is 1.33. The van der Waals surface area contributed by atoms with Gasteiger partial charge >= 0.3 is 5.97 Å². The molecule has 0 amide bonds. The second-order valence-electron chi connectivity index (χ2n) is 3.31. The van der Waals surface area contributed by atoms with E-state index >= 15 is 0 Å². The Labute approximate surface area is 95.6 Å². The molecule has 0 aliphatic heterocycles. The van der Waals surface area contributed by atoms with E-state index in [2.05, 4.69) is 10.1 Å². The van der Waals surface area contributed by atoms with Crippen LogP contribution in [0.3, 0.4) is 0 Å². The van der Waals surface area contributed by atoms with Gasteiger partial charge in [0.25, 0.3) is 0 Å². The maximum Gasteiger partial charge on any atom is 0.308 e. The highest BCUT2D eigenvalue weighted by atomic mass is 16.5. The molecular formula is C12H17NO3. The summed E-state index contributed by atoms with van der Waals surface area (Å²) in [5.41, 5.74) is 1.08. The van der Waals surface area contributed by atoms with Gasteiger partial charge in [-0.1, -0.05) is 18.2 Å². The molecule has 4 nitrogen and oxygen atoms in total. The van der Waals surface area contributed by atoms with Crippen molar-refractivity contribution in [2.45, 2.75) is 13.0 Å². The lowest BCUT2D eigenvalue weighted by Gasteiger charge is -2.10. The minimum Gasteiger partial charge on any atom is -0.493 e. The minimum atomic E-state index is -0.258. The molecule has 0 bridgehead atoms. The van der Waals surface area contributed by atoms with Crippen LogP contribution >= 0.6 is 0 Å². The second kappa shape index (κ2) is 6.85. The Kier molecular flexibility index (Phi) is 5.36. The molecule has 0 radical (unpaired) electrons. The number of carbonyl (C=O) groups is 1. The molecule has 0 aromatic heterocycles. The third-order valence-corrected chi connectivity index (χ3v) is 2.13. The van der Waals surface area contributed by atoms with E-state index in [-0.39, 0.29) is 12.4 Å². The number of benzene rings is 1. The van der Waals surface area contributed by atoms with E-state index in [4.69, 9.17) is 4.74 Å². The Bertz CT molecular complexity index is 339. The van der Waals surface area contributed by atoms with Gasteiger partial charge in [0.2, 0.25) is 0 Å². The van der Waals surface area contributed by atoms with E-state index in [0.29, 0.717) is 6.61 Å². The SMILES string of the molecule is CNCc1ccccc1OCCC(=O)OC. The Hall–Kier alpha value is -1.55. The molecule has 88 valence electrons. The summed E-state index contributed by atoms with van der Waals surface area (Å²) in [4.78, 5) is 10.9. The number of esters is 1. The van der Waals surface area contributed by atoms with Crippen LogP contribution in [-0.2, 0) is 16.1 Å². The number of methoxy groups -OCH3 is 1. The first-order valence-electron chi connectivity index (χ1n) is 5.20. The maximum absolute atomic E-state index is 10.9. The van der Waals surface area contributed by atoms with Crippen LogP contribution in [0.2, 0.25) is 0 Å². The van der Waals surface area contributed by atoms with Gasteiger partial charge < -0.3 is 14.8 Å². The fourth-order valence-electron chi connectivity index (χ4n) is 1.33. The number of nitrogens with one attached hydrogen (secondary N) is 1. The standard InChI is InChI=1S/C12H17NO3/c1-13-9-10-5-3-4-6-11(10)16-8-7-12(14)15-2/h3-6,13H,7-9H2,1-2H3. The van der Waals surface area contributed by atoms with Gasteiger partial charge in [0, 0.05) is 12.1 Å². The maximum atomic E-state index is 10.9. The lowest BCUT2D eigenvalue weighted by atomic mass is 10.2. The van der Waals surface area contributed by atoms with E-state index in [0.717, 1.165) is 17.9 Å². The molecule has 0 aliphatic carbocycles. The van der Waals surface area contributed by atoms with Crippen LogP contribution in [0, 0.1) is 0 Å². The molecule has 0 aliphatic rings. The number of hydrogen-bond acceptors (Lipinski definition) is 4. The van der Waals surface area contributed by atoms with Crippen LogP contribution in [0.25, 0.3) is 0 Å². The Morgan fingerprint density at radius 2 is 2.12 bits per heavy atom. The summed E-state index contributed by atoms with van der Waals surface area (Å²) >= 11 is 0. The van der Waals surface area contributed by atoms with E-state index in [1.165, 1.54) is 7.11 Å². The van der Waals surface area contributed by atoms with Crippen molar-refractivity contribution in [3.05, 3.63) is 29.8 Å². The third kappa shape index (κ3) is 3.90. The van der Waals surface area contributed by atoms with E-state index < -0.39 is 0 Å². The molecule has 0 fully saturated rings. The van der Waals surface area contributed by atoms with Crippen LogP contribution in [0.1, 0.15) is 12.0 Å². The lowest BCUT2D eigenvalue weighted by Crippen LogP contribution is -2.10. The Morgan fingerprint density at radius 1 is 1.38 bits per heavy atom. The second-order valence-corrected chi connectivity index (χ2v) is 3.31. The predicted octanol–water partition coefficient (Wildman–Crippen LogP) is 1.35. The van der Waals surface area contributed by atoms with Gasteiger partial charge in [-0.2, -0.15) is 0 Å².